The molecule has 0 saturated carbocycles. The number of ether oxygens (including phenoxy) is 1. The Morgan fingerprint density at radius 2 is 1.70 bits per heavy atom. The molecule has 4 heteroatoms. The quantitative estimate of drug-likeness (QED) is 0.734. The lowest BCUT2D eigenvalue weighted by molar-refractivity contribution is 0.449. The zero-order valence-electron chi connectivity index (χ0n) is 12.5. The van der Waals surface area contributed by atoms with Crippen molar-refractivity contribution in [2.24, 2.45) is 0 Å². The summed E-state index contributed by atoms with van der Waals surface area (Å²) in [7, 11) is 0. The monoisotopic (exact) mass is 334 g/mol. The standard InChI is InChI=1S/C16H19BrN2O/c1-9(2)16-18-13(17)8-14(19-16)20-15-11(4)7-6-10(3)12(15)5/h6-9H,1-5H3. The molecule has 20 heavy (non-hydrogen) atoms. The largest absolute Gasteiger partial charge is 0.438 e. The van der Waals surface area contributed by atoms with Crippen molar-refractivity contribution >= 4 is 15.9 Å². The maximum Gasteiger partial charge on any atom is 0.223 e. The number of halogens is 1. The van der Waals surface area contributed by atoms with E-state index in [9.17, 15) is 0 Å². The Balaban J connectivity index is 2.43. The summed E-state index contributed by atoms with van der Waals surface area (Å²) < 4.78 is 6.76. The van der Waals surface area contributed by atoms with Crippen molar-refractivity contribution in [2.75, 3.05) is 0 Å². The maximum absolute atomic E-state index is 6.01. The van der Waals surface area contributed by atoms with Crippen LogP contribution in [-0.4, -0.2) is 9.97 Å². The highest BCUT2D eigenvalue weighted by Crippen LogP contribution is 2.31. The number of hydrogen-bond acceptors (Lipinski definition) is 3. The fraction of sp³-hybridized carbons (Fsp3) is 0.375. The van der Waals surface area contributed by atoms with E-state index >= 15 is 0 Å². The molecule has 0 aliphatic heterocycles. The van der Waals surface area contributed by atoms with Crippen LogP contribution in [0, 0.1) is 20.8 Å². The van der Waals surface area contributed by atoms with Crippen LogP contribution in [0.5, 0.6) is 11.6 Å². The van der Waals surface area contributed by atoms with Crippen molar-refractivity contribution in [2.45, 2.75) is 40.5 Å². The fourth-order valence-electron chi connectivity index (χ4n) is 1.91. The Labute approximate surface area is 128 Å². The highest BCUT2D eigenvalue weighted by Gasteiger charge is 2.12. The van der Waals surface area contributed by atoms with E-state index in [2.05, 4.69) is 65.7 Å². The van der Waals surface area contributed by atoms with Gasteiger partial charge in [0.25, 0.3) is 0 Å². The summed E-state index contributed by atoms with van der Waals surface area (Å²) in [6.45, 7) is 10.3. The van der Waals surface area contributed by atoms with Gasteiger partial charge in [-0.15, -0.1) is 0 Å². The number of rotatable bonds is 3. The van der Waals surface area contributed by atoms with Crippen LogP contribution in [-0.2, 0) is 0 Å². The Morgan fingerprint density at radius 3 is 2.35 bits per heavy atom. The fourth-order valence-corrected chi connectivity index (χ4v) is 2.29. The topological polar surface area (TPSA) is 35.0 Å². The minimum Gasteiger partial charge on any atom is -0.438 e. The van der Waals surface area contributed by atoms with Crippen molar-refractivity contribution in [3.8, 4) is 11.6 Å². The summed E-state index contributed by atoms with van der Waals surface area (Å²) in [5.74, 6) is 2.49. The van der Waals surface area contributed by atoms with Gasteiger partial charge in [0.05, 0.1) is 0 Å². The van der Waals surface area contributed by atoms with Gasteiger partial charge in [-0.2, -0.15) is 4.98 Å². The number of benzene rings is 1. The molecule has 2 rings (SSSR count). The highest BCUT2D eigenvalue weighted by atomic mass is 79.9. The molecule has 0 bridgehead atoms. The van der Waals surface area contributed by atoms with Crippen LogP contribution in [0.1, 0.15) is 42.3 Å². The molecule has 1 heterocycles. The molecule has 3 nitrogen and oxygen atoms in total. The first kappa shape index (κ1) is 15.0. The SMILES string of the molecule is Cc1ccc(C)c(Oc2cc(Br)nc(C(C)C)n2)c1C. The van der Waals surface area contributed by atoms with Crippen molar-refractivity contribution in [1.82, 2.24) is 9.97 Å². The predicted molar refractivity (Wildman–Crippen MR) is 84.5 cm³/mol. The van der Waals surface area contributed by atoms with Crippen LogP contribution in [0.3, 0.4) is 0 Å². The second kappa shape index (κ2) is 5.92. The van der Waals surface area contributed by atoms with Crippen molar-refractivity contribution in [3.63, 3.8) is 0 Å². The number of aromatic nitrogens is 2. The first-order valence-corrected chi connectivity index (χ1v) is 7.47. The van der Waals surface area contributed by atoms with Crippen LogP contribution >= 0.6 is 15.9 Å². The average Bonchev–Trinajstić information content (AvgIpc) is 2.38. The lowest BCUT2D eigenvalue weighted by Crippen LogP contribution is -2.01. The van der Waals surface area contributed by atoms with Crippen molar-refractivity contribution in [1.29, 1.82) is 0 Å². The van der Waals surface area contributed by atoms with Gasteiger partial charge in [-0.05, 0) is 53.4 Å². The molecular weight excluding hydrogens is 316 g/mol. The smallest absolute Gasteiger partial charge is 0.223 e. The van der Waals surface area contributed by atoms with Gasteiger partial charge in [0.2, 0.25) is 5.88 Å². The molecule has 0 radical (unpaired) electrons. The molecule has 0 aliphatic rings. The summed E-state index contributed by atoms with van der Waals surface area (Å²) in [6.07, 6.45) is 0. The zero-order valence-corrected chi connectivity index (χ0v) is 14.1. The highest BCUT2D eigenvalue weighted by molar-refractivity contribution is 9.10. The zero-order chi connectivity index (χ0) is 14.9. The van der Waals surface area contributed by atoms with Gasteiger partial charge in [-0.1, -0.05) is 26.0 Å². The van der Waals surface area contributed by atoms with Crippen molar-refractivity contribution in [3.05, 3.63) is 45.3 Å². The van der Waals surface area contributed by atoms with Crippen LogP contribution in [0.2, 0.25) is 0 Å². The van der Waals surface area contributed by atoms with Gasteiger partial charge in [-0.3, -0.25) is 0 Å². The lowest BCUT2D eigenvalue weighted by Gasteiger charge is -2.14. The molecule has 2 aromatic rings. The molecular formula is C16H19BrN2O. The summed E-state index contributed by atoms with van der Waals surface area (Å²) in [5, 5.41) is 0. The summed E-state index contributed by atoms with van der Waals surface area (Å²) in [4.78, 5) is 8.84. The Bertz CT molecular complexity index is 639. The minimum absolute atomic E-state index is 0.259. The average molecular weight is 335 g/mol. The lowest BCUT2D eigenvalue weighted by atomic mass is 10.1. The van der Waals surface area contributed by atoms with E-state index in [0.717, 1.165) is 27.3 Å². The third kappa shape index (κ3) is 3.18. The van der Waals surface area contributed by atoms with E-state index in [1.54, 1.807) is 6.07 Å². The molecule has 0 aliphatic carbocycles. The second-order valence-electron chi connectivity index (χ2n) is 5.30. The first-order valence-electron chi connectivity index (χ1n) is 6.67. The van der Waals surface area contributed by atoms with Crippen LogP contribution < -0.4 is 4.74 Å². The van der Waals surface area contributed by atoms with Gasteiger partial charge >= 0.3 is 0 Å². The maximum atomic E-state index is 6.01. The summed E-state index contributed by atoms with van der Waals surface area (Å²) in [5.41, 5.74) is 3.46. The van der Waals surface area contributed by atoms with Gasteiger partial charge in [0, 0.05) is 12.0 Å². The van der Waals surface area contributed by atoms with E-state index in [1.165, 1.54) is 5.56 Å². The van der Waals surface area contributed by atoms with Crippen molar-refractivity contribution < 1.29 is 4.74 Å². The Hall–Kier alpha value is -1.42. The molecule has 0 saturated heterocycles. The normalized spacial score (nSPS) is 10.9. The molecule has 106 valence electrons. The molecule has 1 aromatic carbocycles. The van der Waals surface area contributed by atoms with Gasteiger partial charge < -0.3 is 4.74 Å². The number of aryl methyl sites for hydroxylation is 2. The van der Waals surface area contributed by atoms with E-state index in [0.29, 0.717) is 5.88 Å². The molecule has 0 fully saturated rings. The van der Waals surface area contributed by atoms with E-state index in [-0.39, 0.29) is 5.92 Å². The number of nitrogens with zero attached hydrogens (tertiary/aromatic N) is 2. The molecule has 1 aromatic heterocycles. The van der Waals surface area contributed by atoms with E-state index in [4.69, 9.17) is 4.74 Å². The minimum atomic E-state index is 0.259. The van der Waals surface area contributed by atoms with Gasteiger partial charge in [-0.25, -0.2) is 4.98 Å². The summed E-state index contributed by atoms with van der Waals surface area (Å²) in [6, 6.07) is 5.97. The molecule has 0 amide bonds. The molecule has 0 N–H and O–H groups in total. The van der Waals surface area contributed by atoms with Gasteiger partial charge in [0.15, 0.2) is 0 Å². The third-order valence-electron chi connectivity index (χ3n) is 3.29. The van der Waals surface area contributed by atoms with Crippen LogP contribution in [0.15, 0.2) is 22.8 Å². The Kier molecular flexibility index (Phi) is 4.43. The predicted octanol–water partition coefficient (Wildman–Crippen LogP) is 5.08. The second-order valence-corrected chi connectivity index (χ2v) is 6.11. The van der Waals surface area contributed by atoms with Crippen LogP contribution in [0.25, 0.3) is 0 Å². The van der Waals surface area contributed by atoms with Gasteiger partial charge in [0.1, 0.15) is 16.2 Å². The molecule has 0 unspecified atom stereocenters. The van der Waals surface area contributed by atoms with Crippen LogP contribution in [0.4, 0.5) is 0 Å². The molecule has 0 atom stereocenters. The Morgan fingerprint density at radius 1 is 1.05 bits per heavy atom. The summed E-state index contributed by atoms with van der Waals surface area (Å²) >= 11 is 3.42. The van der Waals surface area contributed by atoms with E-state index < -0.39 is 0 Å². The number of hydrogen-bond donors (Lipinski definition) is 0. The first-order chi connectivity index (χ1) is 9.38. The molecule has 0 spiro atoms. The van der Waals surface area contributed by atoms with E-state index in [1.807, 2.05) is 6.92 Å². The third-order valence-corrected chi connectivity index (χ3v) is 3.69.